The van der Waals surface area contributed by atoms with Crippen molar-refractivity contribution in [3.05, 3.63) is 62.8 Å². The first-order chi connectivity index (χ1) is 16.4. The van der Waals surface area contributed by atoms with Crippen molar-refractivity contribution in [2.75, 3.05) is 20.8 Å². The van der Waals surface area contributed by atoms with Crippen molar-refractivity contribution in [1.82, 2.24) is 9.13 Å². The molecule has 0 aliphatic heterocycles. The maximum Gasteiger partial charge on any atom is 0.332 e. The molecule has 0 amide bonds. The molecule has 0 radical (unpaired) electrons. The zero-order chi connectivity index (χ0) is 24.2. The Hall–Kier alpha value is -3.36. The van der Waals surface area contributed by atoms with Crippen LogP contribution >= 0.6 is 0 Å². The third-order valence-corrected chi connectivity index (χ3v) is 6.24. The molecule has 3 aromatic rings. The van der Waals surface area contributed by atoms with Gasteiger partial charge in [0, 0.05) is 6.04 Å². The molecule has 0 atom stereocenters. The van der Waals surface area contributed by atoms with Crippen LogP contribution in [-0.2, 0) is 6.54 Å². The number of hydrogen-bond acceptors (Lipinski definition) is 5. The molecule has 1 fully saturated rings. The van der Waals surface area contributed by atoms with E-state index in [0.29, 0.717) is 22.6 Å². The third kappa shape index (κ3) is 4.78. The Morgan fingerprint density at radius 2 is 1.71 bits per heavy atom. The van der Waals surface area contributed by atoms with E-state index < -0.39 is 18.6 Å². The quantitative estimate of drug-likeness (QED) is 0.485. The molecule has 2 aromatic carbocycles. The van der Waals surface area contributed by atoms with E-state index in [4.69, 9.17) is 14.2 Å². The number of fused-ring (bicyclic) bond motifs is 1. The van der Waals surface area contributed by atoms with E-state index in [1.165, 1.54) is 30.9 Å². The summed E-state index contributed by atoms with van der Waals surface area (Å²) in [7, 11) is 3.04. The molecular formula is C25H28F2N2O5. The van der Waals surface area contributed by atoms with Gasteiger partial charge in [0.15, 0.2) is 11.5 Å². The standard InChI is InChI=1S/C25H28F2N2O5/c1-32-21-11-8-16(12-22(21)33-2)14-28-24(30)19-13-18(34-15-23(26)27)9-10-20(19)29(25(28)31)17-6-4-3-5-7-17/h8-13,17,23H,3-7,14-15H2,1-2H3. The summed E-state index contributed by atoms with van der Waals surface area (Å²) in [5.41, 5.74) is 0.302. The predicted molar refractivity (Wildman–Crippen MR) is 125 cm³/mol. The van der Waals surface area contributed by atoms with Crippen molar-refractivity contribution < 1.29 is 23.0 Å². The Kier molecular flexibility index (Phi) is 7.19. The molecule has 7 nitrogen and oxygen atoms in total. The van der Waals surface area contributed by atoms with Gasteiger partial charge in [-0.3, -0.25) is 13.9 Å². The summed E-state index contributed by atoms with van der Waals surface area (Å²) in [5, 5.41) is 0.261. The maximum atomic E-state index is 13.6. The lowest BCUT2D eigenvalue weighted by atomic mass is 9.95. The summed E-state index contributed by atoms with van der Waals surface area (Å²) in [5.74, 6) is 1.19. The number of nitrogens with zero attached hydrogens (tertiary/aromatic N) is 2. The fourth-order valence-corrected chi connectivity index (χ4v) is 4.60. The van der Waals surface area contributed by atoms with Gasteiger partial charge in [-0.15, -0.1) is 0 Å². The van der Waals surface area contributed by atoms with Gasteiger partial charge in [-0.05, 0) is 48.7 Å². The highest BCUT2D eigenvalue weighted by Gasteiger charge is 2.23. The van der Waals surface area contributed by atoms with Crippen LogP contribution in [0.1, 0.15) is 43.7 Å². The molecule has 0 bridgehead atoms. The molecule has 9 heteroatoms. The molecule has 1 saturated carbocycles. The first-order valence-electron chi connectivity index (χ1n) is 11.3. The molecule has 0 saturated heterocycles. The van der Waals surface area contributed by atoms with E-state index in [1.807, 2.05) is 0 Å². The zero-order valence-corrected chi connectivity index (χ0v) is 19.3. The van der Waals surface area contributed by atoms with Crippen molar-refractivity contribution in [2.24, 2.45) is 0 Å². The molecule has 1 aliphatic rings. The second kappa shape index (κ2) is 10.3. The normalized spacial score (nSPS) is 14.5. The number of ether oxygens (including phenoxy) is 3. The van der Waals surface area contributed by atoms with Gasteiger partial charge in [-0.2, -0.15) is 0 Å². The molecule has 0 unspecified atom stereocenters. The topological polar surface area (TPSA) is 71.7 Å². The molecular weight excluding hydrogens is 446 g/mol. The zero-order valence-electron chi connectivity index (χ0n) is 19.3. The molecule has 4 rings (SSSR count). The number of halogens is 2. The lowest BCUT2D eigenvalue weighted by Crippen LogP contribution is -2.42. The summed E-state index contributed by atoms with van der Waals surface area (Å²) in [6, 6.07) is 9.77. The van der Waals surface area contributed by atoms with Crippen molar-refractivity contribution in [3.8, 4) is 17.2 Å². The minimum absolute atomic E-state index is 0.0306. The molecule has 1 heterocycles. The minimum Gasteiger partial charge on any atom is -0.493 e. The predicted octanol–water partition coefficient (Wildman–Crippen LogP) is 4.38. The van der Waals surface area contributed by atoms with E-state index in [-0.39, 0.29) is 29.4 Å². The number of methoxy groups -OCH3 is 2. The summed E-state index contributed by atoms with van der Waals surface area (Å²) in [6.07, 6.45) is 2.17. The van der Waals surface area contributed by atoms with Gasteiger partial charge in [0.25, 0.3) is 12.0 Å². The van der Waals surface area contributed by atoms with Gasteiger partial charge >= 0.3 is 5.69 Å². The number of aromatic nitrogens is 2. The van der Waals surface area contributed by atoms with Crippen LogP contribution < -0.4 is 25.5 Å². The monoisotopic (exact) mass is 474 g/mol. The van der Waals surface area contributed by atoms with Crippen molar-refractivity contribution in [1.29, 1.82) is 0 Å². The van der Waals surface area contributed by atoms with E-state index in [0.717, 1.165) is 32.1 Å². The van der Waals surface area contributed by atoms with Crippen LogP contribution in [0.5, 0.6) is 17.2 Å². The number of benzene rings is 2. The van der Waals surface area contributed by atoms with Crippen LogP contribution in [0.25, 0.3) is 10.9 Å². The number of rotatable bonds is 8. The Morgan fingerprint density at radius 3 is 2.38 bits per heavy atom. The lowest BCUT2D eigenvalue weighted by molar-refractivity contribution is 0.0819. The summed E-state index contributed by atoms with van der Waals surface area (Å²) in [4.78, 5) is 27.1. The highest BCUT2D eigenvalue weighted by molar-refractivity contribution is 5.80. The number of alkyl halides is 2. The van der Waals surface area contributed by atoms with Gasteiger partial charge in [0.2, 0.25) is 0 Å². The molecule has 1 aliphatic carbocycles. The smallest absolute Gasteiger partial charge is 0.332 e. The fraction of sp³-hybridized carbons (Fsp3) is 0.440. The van der Waals surface area contributed by atoms with Gasteiger partial charge < -0.3 is 14.2 Å². The fourth-order valence-electron chi connectivity index (χ4n) is 4.60. The van der Waals surface area contributed by atoms with Gasteiger partial charge in [0.05, 0.1) is 31.7 Å². The summed E-state index contributed by atoms with van der Waals surface area (Å²) < 4.78 is 43.9. The highest BCUT2D eigenvalue weighted by atomic mass is 19.3. The second-order valence-corrected chi connectivity index (χ2v) is 8.41. The van der Waals surface area contributed by atoms with Crippen LogP contribution in [-0.4, -0.2) is 36.4 Å². The lowest BCUT2D eigenvalue weighted by Gasteiger charge is -2.26. The van der Waals surface area contributed by atoms with Crippen LogP contribution in [0.3, 0.4) is 0 Å². The highest BCUT2D eigenvalue weighted by Crippen LogP contribution is 2.30. The third-order valence-electron chi connectivity index (χ3n) is 6.24. The molecule has 0 spiro atoms. The van der Waals surface area contributed by atoms with E-state index in [1.54, 1.807) is 28.8 Å². The summed E-state index contributed by atoms with van der Waals surface area (Å²) >= 11 is 0. The number of hydrogen-bond donors (Lipinski definition) is 0. The Morgan fingerprint density at radius 1 is 0.971 bits per heavy atom. The van der Waals surface area contributed by atoms with E-state index in [2.05, 4.69) is 0 Å². The van der Waals surface area contributed by atoms with Crippen molar-refractivity contribution in [3.63, 3.8) is 0 Å². The van der Waals surface area contributed by atoms with Crippen LogP contribution in [0.4, 0.5) is 8.78 Å². The van der Waals surface area contributed by atoms with Crippen molar-refractivity contribution in [2.45, 2.75) is 51.1 Å². The maximum absolute atomic E-state index is 13.6. The van der Waals surface area contributed by atoms with Crippen LogP contribution in [0, 0.1) is 0 Å². The average Bonchev–Trinajstić information content (AvgIpc) is 2.86. The van der Waals surface area contributed by atoms with E-state index in [9.17, 15) is 18.4 Å². The molecule has 182 valence electrons. The Bertz CT molecular complexity index is 1280. The van der Waals surface area contributed by atoms with Crippen LogP contribution in [0.15, 0.2) is 46.0 Å². The molecule has 34 heavy (non-hydrogen) atoms. The van der Waals surface area contributed by atoms with Crippen molar-refractivity contribution >= 4 is 10.9 Å². The van der Waals surface area contributed by atoms with E-state index >= 15 is 0 Å². The van der Waals surface area contributed by atoms with Crippen LogP contribution in [0.2, 0.25) is 0 Å². The second-order valence-electron chi connectivity index (χ2n) is 8.41. The Labute approximate surface area is 195 Å². The largest absolute Gasteiger partial charge is 0.493 e. The average molecular weight is 475 g/mol. The molecule has 0 N–H and O–H groups in total. The Balaban J connectivity index is 1.86. The van der Waals surface area contributed by atoms with Gasteiger partial charge in [0.1, 0.15) is 12.4 Å². The summed E-state index contributed by atoms with van der Waals surface area (Å²) in [6.45, 7) is -0.740. The minimum atomic E-state index is -2.63. The molecule has 1 aromatic heterocycles. The first kappa shape index (κ1) is 23.8. The van der Waals surface area contributed by atoms with Gasteiger partial charge in [-0.1, -0.05) is 25.3 Å². The van der Waals surface area contributed by atoms with Gasteiger partial charge in [-0.25, -0.2) is 13.6 Å². The first-order valence-corrected chi connectivity index (χ1v) is 11.3. The SMILES string of the molecule is COc1ccc(Cn2c(=O)c3cc(OCC(F)F)ccc3n(C3CCCCC3)c2=O)cc1OC.